The zero-order valence-corrected chi connectivity index (χ0v) is 24.8. The number of benzene rings is 3. The zero-order chi connectivity index (χ0) is 30.8. The molecule has 0 aromatic heterocycles. The van der Waals surface area contributed by atoms with Crippen molar-refractivity contribution < 1.29 is 23.1 Å². The van der Waals surface area contributed by atoms with Crippen molar-refractivity contribution in [1.29, 1.82) is 5.26 Å². The summed E-state index contributed by atoms with van der Waals surface area (Å²) < 4.78 is 41.4. The summed E-state index contributed by atoms with van der Waals surface area (Å²) in [5.74, 6) is -3.79. The number of piperidine rings is 1. The van der Waals surface area contributed by atoms with Crippen molar-refractivity contribution in [2.24, 2.45) is 5.92 Å². The van der Waals surface area contributed by atoms with E-state index >= 15 is 0 Å². The summed E-state index contributed by atoms with van der Waals surface area (Å²) in [4.78, 5) is 19.5. The van der Waals surface area contributed by atoms with E-state index in [9.17, 15) is 28.3 Å². The highest BCUT2D eigenvalue weighted by atomic mass is 19.2. The number of aryl methyl sites for hydroxylation is 2. The molecule has 226 valence electrons. The number of carbonyl (C=O) groups is 1. The van der Waals surface area contributed by atoms with Crippen LogP contribution in [0.5, 0.6) is 0 Å². The Morgan fingerprint density at radius 2 is 1.65 bits per heavy atom. The number of hydrogen-bond acceptors (Lipinski definition) is 5. The molecule has 1 atom stereocenters. The Kier molecular flexibility index (Phi) is 8.97. The van der Waals surface area contributed by atoms with E-state index in [1.165, 1.54) is 5.56 Å². The number of nitriles is 1. The van der Waals surface area contributed by atoms with Crippen molar-refractivity contribution in [3.05, 3.63) is 93.3 Å². The van der Waals surface area contributed by atoms with Gasteiger partial charge in [0, 0.05) is 56.1 Å². The maximum absolute atomic E-state index is 13.9. The van der Waals surface area contributed by atoms with Gasteiger partial charge in [0.2, 0.25) is 0 Å². The summed E-state index contributed by atoms with van der Waals surface area (Å²) >= 11 is 0. The molecule has 6 nitrogen and oxygen atoms in total. The summed E-state index contributed by atoms with van der Waals surface area (Å²) in [5.41, 5.74) is 6.65. The molecule has 0 bridgehead atoms. The molecule has 0 radical (unpaired) electrons. The first-order chi connectivity index (χ1) is 20.6. The molecule has 43 heavy (non-hydrogen) atoms. The largest absolute Gasteiger partial charge is 0.394 e. The second-order valence-corrected chi connectivity index (χ2v) is 11.8. The molecule has 2 saturated heterocycles. The third kappa shape index (κ3) is 6.07. The Bertz CT molecular complexity index is 1540. The average molecular weight is 591 g/mol. The van der Waals surface area contributed by atoms with Crippen LogP contribution in [0.3, 0.4) is 0 Å². The third-order valence-electron chi connectivity index (χ3n) is 9.10. The van der Waals surface area contributed by atoms with E-state index in [0.717, 1.165) is 66.9 Å². The van der Waals surface area contributed by atoms with Crippen LogP contribution in [-0.4, -0.2) is 61.3 Å². The van der Waals surface area contributed by atoms with Crippen LogP contribution in [0.25, 0.3) is 0 Å². The Labute approximate surface area is 250 Å². The van der Waals surface area contributed by atoms with Crippen LogP contribution >= 0.6 is 0 Å². The van der Waals surface area contributed by atoms with Gasteiger partial charge in [-0.2, -0.15) is 5.26 Å². The highest BCUT2D eigenvalue weighted by molar-refractivity contribution is 5.98. The highest BCUT2D eigenvalue weighted by Crippen LogP contribution is 2.32. The third-order valence-corrected chi connectivity index (χ3v) is 9.10. The van der Waals surface area contributed by atoms with E-state index in [1.54, 1.807) is 9.80 Å². The number of aliphatic hydroxyl groups excluding tert-OH is 1. The maximum Gasteiger partial charge on any atom is 0.254 e. The first-order valence-electron chi connectivity index (χ1n) is 14.8. The molecular weight excluding hydrogens is 553 g/mol. The van der Waals surface area contributed by atoms with Gasteiger partial charge in [-0.1, -0.05) is 18.2 Å². The number of carbonyl (C=O) groups excluding carboxylic acids is 1. The van der Waals surface area contributed by atoms with Gasteiger partial charge >= 0.3 is 0 Å². The van der Waals surface area contributed by atoms with Crippen LogP contribution in [0.15, 0.2) is 42.5 Å². The van der Waals surface area contributed by atoms with Gasteiger partial charge in [-0.05, 0) is 80.3 Å². The van der Waals surface area contributed by atoms with Gasteiger partial charge in [-0.3, -0.25) is 4.79 Å². The van der Waals surface area contributed by atoms with Crippen LogP contribution in [-0.2, 0) is 6.42 Å². The minimum Gasteiger partial charge on any atom is -0.394 e. The molecular formula is C34H37F3N4O2. The van der Waals surface area contributed by atoms with Gasteiger partial charge in [-0.15, -0.1) is 0 Å². The van der Waals surface area contributed by atoms with Crippen molar-refractivity contribution in [3.8, 4) is 6.07 Å². The summed E-state index contributed by atoms with van der Waals surface area (Å²) in [7, 11) is 0. The van der Waals surface area contributed by atoms with Crippen LogP contribution in [0.4, 0.5) is 24.5 Å². The normalized spacial score (nSPS) is 17.7. The molecule has 1 N–H and O–H groups in total. The second-order valence-electron chi connectivity index (χ2n) is 11.8. The molecule has 2 aliphatic rings. The summed E-state index contributed by atoms with van der Waals surface area (Å²) in [6, 6.07) is 13.3. The van der Waals surface area contributed by atoms with Crippen LogP contribution in [0, 0.1) is 55.5 Å². The zero-order valence-electron chi connectivity index (χ0n) is 24.8. The quantitative estimate of drug-likeness (QED) is 0.374. The summed E-state index contributed by atoms with van der Waals surface area (Å²) in [6.07, 6.45) is 2.84. The fraction of sp³-hybridized carbons (Fsp3) is 0.412. The first kappa shape index (κ1) is 30.4. The number of para-hydroxylation sites is 1. The van der Waals surface area contributed by atoms with E-state index in [4.69, 9.17) is 0 Å². The number of halogens is 3. The van der Waals surface area contributed by atoms with Crippen molar-refractivity contribution in [2.75, 3.05) is 49.1 Å². The fourth-order valence-electron chi connectivity index (χ4n) is 6.78. The minimum absolute atomic E-state index is 0.131. The monoisotopic (exact) mass is 590 g/mol. The van der Waals surface area contributed by atoms with Gasteiger partial charge in [0.25, 0.3) is 5.91 Å². The van der Waals surface area contributed by atoms with Crippen molar-refractivity contribution in [1.82, 2.24) is 4.90 Å². The topological polar surface area (TPSA) is 70.8 Å². The number of aliphatic hydroxyl groups is 1. The molecule has 2 fully saturated rings. The Morgan fingerprint density at radius 1 is 0.977 bits per heavy atom. The van der Waals surface area contributed by atoms with E-state index < -0.39 is 23.5 Å². The second kappa shape index (κ2) is 12.7. The molecule has 3 aromatic rings. The molecule has 1 amide bonds. The number of rotatable bonds is 6. The Hall–Kier alpha value is -4.03. The van der Waals surface area contributed by atoms with E-state index in [0.29, 0.717) is 23.6 Å². The fourth-order valence-corrected chi connectivity index (χ4v) is 6.78. The minimum atomic E-state index is -1.53. The number of piperazine rings is 1. The Morgan fingerprint density at radius 3 is 2.30 bits per heavy atom. The molecule has 2 heterocycles. The van der Waals surface area contributed by atoms with Crippen molar-refractivity contribution in [3.63, 3.8) is 0 Å². The first-order valence-corrected chi connectivity index (χ1v) is 14.8. The predicted molar refractivity (Wildman–Crippen MR) is 161 cm³/mol. The predicted octanol–water partition coefficient (Wildman–Crippen LogP) is 5.68. The number of nitrogens with zero attached hydrogens (tertiary/aromatic N) is 4. The summed E-state index contributed by atoms with van der Waals surface area (Å²) in [6.45, 7) is 8.13. The Balaban J connectivity index is 1.30. The highest BCUT2D eigenvalue weighted by Gasteiger charge is 2.33. The molecule has 3 aromatic carbocycles. The van der Waals surface area contributed by atoms with Gasteiger partial charge in [0.05, 0.1) is 23.9 Å². The molecule has 0 saturated carbocycles. The number of hydrogen-bond donors (Lipinski definition) is 1. The molecule has 2 aliphatic heterocycles. The molecule has 0 unspecified atom stereocenters. The van der Waals surface area contributed by atoms with E-state index in [2.05, 4.69) is 24.0 Å². The lowest BCUT2D eigenvalue weighted by atomic mass is 9.83. The number of anilines is 2. The molecule has 0 aliphatic carbocycles. The molecule has 5 rings (SSSR count). The lowest BCUT2D eigenvalue weighted by molar-refractivity contribution is 0.0697. The van der Waals surface area contributed by atoms with E-state index in [1.807, 2.05) is 38.1 Å². The van der Waals surface area contributed by atoms with Crippen LogP contribution in [0.2, 0.25) is 0 Å². The molecule has 9 heteroatoms. The lowest BCUT2D eigenvalue weighted by Crippen LogP contribution is -2.56. The maximum atomic E-state index is 13.9. The standard InChI is InChI=1S/C34H37F3N4O2/c1-21-14-22(2)32(23(3)28(21)15-24-8-10-39(11-9-24)31-7-5-4-6-25(31)18-38)34(43)40-12-13-41(27(19-40)20-42)26-16-29(35)33(37)30(36)17-26/h4-7,14,16-17,24,27,42H,8-13,15,19-20H2,1-3H3/t27-/m0/s1. The van der Waals surface area contributed by atoms with Gasteiger partial charge in [-0.25, -0.2) is 13.2 Å². The SMILES string of the molecule is Cc1cc(C)c(C(=O)N2CCN(c3cc(F)c(F)c(F)c3)[C@H](CO)C2)c(C)c1CC1CCN(c2ccccc2C#N)CC1. The van der Waals surface area contributed by atoms with Crippen molar-refractivity contribution >= 4 is 17.3 Å². The lowest BCUT2D eigenvalue weighted by Gasteiger charge is -2.42. The van der Waals surface area contributed by atoms with Crippen LogP contribution in [0.1, 0.15) is 51.0 Å². The average Bonchev–Trinajstić information content (AvgIpc) is 3.01. The summed E-state index contributed by atoms with van der Waals surface area (Å²) in [5, 5.41) is 19.6. The van der Waals surface area contributed by atoms with Gasteiger partial charge < -0.3 is 19.8 Å². The smallest absolute Gasteiger partial charge is 0.254 e. The van der Waals surface area contributed by atoms with E-state index in [-0.39, 0.29) is 31.3 Å². The number of amides is 1. The van der Waals surface area contributed by atoms with Crippen LogP contribution < -0.4 is 9.80 Å². The molecule has 0 spiro atoms. The van der Waals surface area contributed by atoms with Crippen molar-refractivity contribution in [2.45, 2.75) is 46.1 Å². The van der Waals surface area contributed by atoms with Gasteiger partial charge in [0.15, 0.2) is 17.5 Å². The van der Waals surface area contributed by atoms with Gasteiger partial charge in [0.1, 0.15) is 6.07 Å².